The van der Waals surface area contributed by atoms with Crippen LogP contribution in [-0.2, 0) is 3.07 Å². The summed E-state index contributed by atoms with van der Waals surface area (Å²) in [4.78, 5) is 0. The predicted octanol–water partition coefficient (Wildman–Crippen LogP) is 10.1. The second-order valence-electron chi connectivity index (χ2n) is 10.8. The van der Waals surface area contributed by atoms with Crippen LogP contribution in [-0.4, -0.2) is 25.0 Å². The Kier molecular flexibility index (Phi) is 12.0. The van der Waals surface area contributed by atoms with Crippen LogP contribution >= 0.6 is 0 Å². The third-order valence-corrected chi connectivity index (χ3v) is 17.8. The molecule has 1 fully saturated rings. The van der Waals surface area contributed by atoms with E-state index in [-0.39, 0.29) is 5.41 Å². The second-order valence-corrected chi connectivity index (χ2v) is 20.0. The van der Waals surface area contributed by atoms with E-state index in [0.29, 0.717) is 0 Å². The molecule has 0 spiro atoms. The van der Waals surface area contributed by atoms with Crippen molar-refractivity contribution in [2.24, 2.45) is 5.41 Å². The number of unbranched alkanes of at least 4 members (excludes halogenated alkanes) is 4. The van der Waals surface area contributed by atoms with Crippen LogP contribution in [0.4, 0.5) is 0 Å². The van der Waals surface area contributed by atoms with Crippen LogP contribution in [0.25, 0.3) is 0 Å². The molecule has 3 nitrogen and oxygen atoms in total. The number of hydrogen-bond acceptors (Lipinski definition) is 3. The first kappa shape index (κ1) is 29.4. The molecule has 0 amide bonds. The fourth-order valence-corrected chi connectivity index (χ4v) is 17.3. The molecule has 0 aromatic heterocycles. The molecule has 0 bridgehead atoms. The molecule has 0 radical (unpaired) electrons. The van der Waals surface area contributed by atoms with Crippen LogP contribution in [0.3, 0.4) is 0 Å². The summed E-state index contributed by atoms with van der Waals surface area (Å²) in [5.41, 5.74) is 0.0245. The molecule has 4 heteroatoms. The summed E-state index contributed by atoms with van der Waals surface area (Å²) >= 11 is -3.55. The quantitative estimate of drug-likeness (QED) is 0.179. The van der Waals surface area contributed by atoms with Gasteiger partial charge in [0.2, 0.25) is 0 Å². The minimum atomic E-state index is -3.55. The first-order valence-electron chi connectivity index (χ1n) is 14.7. The molecule has 1 aliphatic rings. The third kappa shape index (κ3) is 7.43. The zero-order chi connectivity index (χ0) is 25.7. The van der Waals surface area contributed by atoms with Gasteiger partial charge in [-0.15, -0.1) is 0 Å². The van der Waals surface area contributed by atoms with Crippen molar-refractivity contribution in [2.75, 3.05) is 0 Å². The van der Waals surface area contributed by atoms with Crippen LogP contribution in [0.5, 0.6) is 11.5 Å². The number of rotatable bonds is 16. The van der Waals surface area contributed by atoms with Crippen LogP contribution in [0.1, 0.15) is 105 Å². The molecular weight excluding hydrogens is 551 g/mol. The first-order valence-corrected chi connectivity index (χ1v) is 21.1. The Morgan fingerprint density at radius 3 is 1.78 bits per heavy atom. The second kappa shape index (κ2) is 14.7. The minimum absolute atomic E-state index is 0.0245. The van der Waals surface area contributed by atoms with Crippen molar-refractivity contribution in [3.8, 4) is 11.5 Å². The summed E-state index contributed by atoms with van der Waals surface area (Å²) in [6, 6.07) is 20.9. The van der Waals surface area contributed by atoms with Gasteiger partial charge in [-0.05, 0) is 0 Å². The van der Waals surface area contributed by atoms with Gasteiger partial charge < -0.3 is 0 Å². The zero-order valence-corrected chi connectivity index (χ0v) is 26.3. The summed E-state index contributed by atoms with van der Waals surface area (Å²) < 4.78 is 24.1. The van der Waals surface area contributed by atoms with Crippen molar-refractivity contribution >= 4 is 19.2 Å². The standard InChI is InChI=1S/C22H36O2.C6H6O.C4H9.Sn/c1-5-9-17-21(8-4,18-10-6-2)22(23,19-11-7-3)24-20-15-13-12-14-16-20;7-6-4-2-1-3-5-6;1-3-4-2;/h12-16H,4-11,17-19H2,1-3H3;1-5,7H;1,3-4H2,2H3;/q-1;;;+2/p-1. The van der Waals surface area contributed by atoms with E-state index in [4.69, 9.17) is 10.9 Å². The molecule has 0 aliphatic carbocycles. The molecule has 2 atom stereocenters. The topological polar surface area (TPSA) is 27.7 Å². The van der Waals surface area contributed by atoms with Crippen LogP contribution < -0.4 is 7.81 Å². The summed E-state index contributed by atoms with van der Waals surface area (Å²) in [7, 11) is 0. The number of hydrogen-bond donors (Lipinski definition) is 0. The Morgan fingerprint density at radius 2 is 1.22 bits per heavy atom. The molecule has 1 aliphatic heterocycles. The average molecular weight is 601 g/mol. The van der Waals surface area contributed by atoms with E-state index in [2.05, 4.69) is 88.4 Å². The maximum absolute atomic E-state index is 7.65. The molecule has 200 valence electrons. The van der Waals surface area contributed by atoms with Crippen LogP contribution in [0.2, 0.25) is 8.87 Å². The Balaban J connectivity index is 2.11. The normalized spacial score (nSPS) is 23.3. The number of benzene rings is 2. The van der Waals surface area contributed by atoms with Crippen molar-refractivity contribution in [2.45, 2.75) is 119 Å². The van der Waals surface area contributed by atoms with Gasteiger partial charge in [-0.1, -0.05) is 0 Å². The van der Waals surface area contributed by atoms with Crippen molar-refractivity contribution in [3.63, 3.8) is 0 Å². The molecule has 3 rings (SSSR count). The molecule has 1 heterocycles. The van der Waals surface area contributed by atoms with Gasteiger partial charge in [-0.25, -0.2) is 0 Å². The van der Waals surface area contributed by atoms with Gasteiger partial charge in [0, 0.05) is 0 Å². The van der Waals surface area contributed by atoms with E-state index in [9.17, 15) is 0 Å². The van der Waals surface area contributed by atoms with Crippen molar-refractivity contribution in [1.29, 1.82) is 0 Å². The van der Waals surface area contributed by atoms with E-state index in [1.165, 1.54) is 44.9 Å². The Morgan fingerprint density at radius 1 is 0.694 bits per heavy atom. The molecule has 0 N–H and O–H groups in total. The fraction of sp³-hybridized carbons (Fsp3) is 0.625. The number of para-hydroxylation sites is 2. The number of ether oxygens (including phenoxy) is 1. The molecular formula is C32H50O3Sn. The van der Waals surface area contributed by atoms with Gasteiger partial charge in [-0.3, -0.25) is 0 Å². The van der Waals surface area contributed by atoms with Gasteiger partial charge in [-0.2, -0.15) is 0 Å². The monoisotopic (exact) mass is 602 g/mol. The van der Waals surface area contributed by atoms with E-state index < -0.39 is 25.0 Å². The third-order valence-electron chi connectivity index (χ3n) is 8.00. The van der Waals surface area contributed by atoms with Crippen LogP contribution in [0, 0.1) is 5.41 Å². The van der Waals surface area contributed by atoms with Gasteiger partial charge in [0.1, 0.15) is 0 Å². The summed E-state index contributed by atoms with van der Waals surface area (Å²) in [5.74, 6) is 1.29. The molecule has 2 unspecified atom stereocenters. The van der Waals surface area contributed by atoms with Crippen molar-refractivity contribution < 1.29 is 10.9 Å². The maximum atomic E-state index is 7.65. The van der Waals surface area contributed by atoms with Gasteiger partial charge in [0.05, 0.1) is 0 Å². The Labute approximate surface area is 226 Å². The molecule has 2 aromatic carbocycles. The summed E-state index contributed by atoms with van der Waals surface area (Å²) in [6.07, 6.45) is 13.8. The van der Waals surface area contributed by atoms with Gasteiger partial charge in [0.15, 0.2) is 0 Å². The van der Waals surface area contributed by atoms with E-state index in [0.717, 1.165) is 52.5 Å². The average Bonchev–Trinajstić information content (AvgIpc) is 2.91. The van der Waals surface area contributed by atoms with E-state index in [1.54, 1.807) is 0 Å². The predicted molar refractivity (Wildman–Crippen MR) is 154 cm³/mol. The Bertz CT molecular complexity index is 850. The van der Waals surface area contributed by atoms with Crippen LogP contribution in [0.15, 0.2) is 60.7 Å². The fourth-order valence-electron chi connectivity index (χ4n) is 5.90. The molecule has 2 aromatic rings. The summed E-state index contributed by atoms with van der Waals surface area (Å²) in [6.45, 7) is 9.19. The first-order chi connectivity index (χ1) is 17.6. The molecule has 1 saturated heterocycles. The molecule has 36 heavy (non-hydrogen) atoms. The molecule has 0 saturated carbocycles. The van der Waals surface area contributed by atoms with Gasteiger partial charge >= 0.3 is 227 Å². The summed E-state index contributed by atoms with van der Waals surface area (Å²) in [5, 5.41) is 0. The SMILES string of the molecule is CCCCC1(CCCC)C[CH2][Sn]([CH2]CCC)([O]c2ccccc2)[O]C1(CCCC)Oc1ccccc1. The Hall–Kier alpha value is -1.20. The van der Waals surface area contributed by atoms with Gasteiger partial charge in [0.25, 0.3) is 0 Å². The van der Waals surface area contributed by atoms with Crippen molar-refractivity contribution in [1.82, 2.24) is 0 Å². The zero-order valence-electron chi connectivity index (χ0n) is 23.4. The van der Waals surface area contributed by atoms with E-state index in [1.807, 2.05) is 0 Å². The van der Waals surface area contributed by atoms with Crippen molar-refractivity contribution in [3.05, 3.63) is 60.7 Å². The van der Waals surface area contributed by atoms with E-state index >= 15 is 0 Å².